The van der Waals surface area contributed by atoms with Crippen LogP contribution in [0.5, 0.6) is 5.88 Å². The number of hydrogen-bond acceptors (Lipinski definition) is 12. The van der Waals surface area contributed by atoms with E-state index in [1.807, 2.05) is 0 Å². The molecule has 2 saturated heterocycles. The number of carbonyl (C=O) groups excluding carboxylic acids is 4. The molecule has 1 aromatic carbocycles. The maximum Gasteiger partial charge on any atom is 0.416 e. The fourth-order valence-electron chi connectivity index (χ4n) is 7.12. The van der Waals surface area contributed by atoms with Crippen LogP contribution >= 0.6 is 0 Å². The smallest absolute Gasteiger partial charge is 0.416 e. The quantitative estimate of drug-likeness (QED) is 0.345. The van der Waals surface area contributed by atoms with E-state index in [9.17, 15) is 19.2 Å². The number of benzene rings is 1. The SMILES string of the molecule is CN(CC(=O)NCCn1nnc2c(F)c3c(c(F)c21)CC(CN1CCC2(CC1)CN(c1cnc4c(n1)NC(=O)CO4)C(=O)O2)C3)C(=O)OC(C)(C)C. The van der Waals surface area contributed by atoms with Gasteiger partial charge < -0.3 is 34.6 Å². The minimum absolute atomic E-state index is 0.0342. The normalized spacial score (nSPS) is 19.6. The number of piperidine rings is 1. The molecule has 0 bridgehead atoms. The van der Waals surface area contributed by atoms with Gasteiger partial charge in [-0.15, -0.1) is 5.10 Å². The van der Waals surface area contributed by atoms with E-state index in [1.54, 1.807) is 20.8 Å². The van der Waals surface area contributed by atoms with Gasteiger partial charge in [0.15, 0.2) is 35.4 Å². The molecule has 4 amide bonds. The van der Waals surface area contributed by atoms with Gasteiger partial charge in [0.2, 0.25) is 5.91 Å². The van der Waals surface area contributed by atoms with Gasteiger partial charge in [-0.25, -0.2) is 33.0 Å². The summed E-state index contributed by atoms with van der Waals surface area (Å²) in [4.78, 5) is 62.5. The fourth-order valence-corrected chi connectivity index (χ4v) is 7.12. The molecule has 3 aliphatic heterocycles. The van der Waals surface area contributed by atoms with Crippen LogP contribution in [0.15, 0.2) is 6.20 Å². The van der Waals surface area contributed by atoms with E-state index in [-0.39, 0.29) is 73.2 Å². The lowest BCUT2D eigenvalue weighted by atomic mass is 9.90. The number of amides is 4. The number of ether oxygens (including phenoxy) is 3. The molecule has 19 heteroatoms. The van der Waals surface area contributed by atoms with Crippen LogP contribution < -0.4 is 20.3 Å². The largest absolute Gasteiger partial charge is 0.465 e. The fraction of sp³-hybridized carbons (Fsp3) is 0.576. The van der Waals surface area contributed by atoms with Crippen LogP contribution in [0.4, 0.5) is 30.0 Å². The van der Waals surface area contributed by atoms with Crippen LogP contribution in [0.25, 0.3) is 11.0 Å². The van der Waals surface area contributed by atoms with Gasteiger partial charge in [-0.3, -0.25) is 14.5 Å². The van der Waals surface area contributed by atoms with Gasteiger partial charge in [-0.05, 0) is 50.7 Å². The van der Waals surface area contributed by atoms with Crippen molar-refractivity contribution in [3.05, 3.63) is 29.0 Å². The molecule has 0 saturated carbocycles. The Morgan fingerprint density at radius 2 is 1.88 bits per heavy atom. The number of aromatic nitrogens is 5. The second kappa shape index (κ2) is 13.4. The monoisotopic (exact) mass is 726 g/mol. The number of likely N-dealkylation sites (N-methyl/N-ethyl adjacent to an activating group) is 1. The van der Waals surface area contributed by atoms with Crippen LogP contribution in [0.3, 0.4) is 0 Å². The van der Waals surface area contributed by atoms with Crippen LogP contribution in [0.2, 0.25) is 0 Å². The highest BCUT2D eigenvalue weighted by Crippen LogP contribution is 2.39. The second-order valence-electron chi connectivity index (χ2n) is 14.7. The summed E-state index contributed by atoms with van der Waals surface area (Å²) in [5, 5.41) is 13.1. The van der Waals surface area contributed by atoms with Crippen molar-refractivity contribution in [1.82, 2.24) is 40.1 Å². The first-order chi connectivity index (χ1) is 24.7. The van der Waals surface area contributed by atoms with Crippen molar-refractivity contribution in [2.75, 3.05) is 63.1 Å². The standard InChI is InChI=1S/C33H40F2N10O7/c1-32(2,3)51-30(48)42(4)15-22(46)36-7-10-45-27-25(35)20-12-18(11-19(20)24(34)26(27)40-41-45)14-43-8-5-33(6-9-43)17-44(31(49)52-33)21-13-37-29-28(38-21)39-23(47)16-50-29/h13,18H,5-12,14-17H2,1-4H3,(H,36,46)(H,38,39,47). The average molecular weight is 727 g/mol. The summed E-state index contributed by atoms with van der Waals surface area (Å²) < 4.78 is 49.3. The molecule has 1 atom stereocenters. The maximum atomic E-state index is 16.0. The number of carbonyl (C=O) groups is 4. The summed E-state index contributed by atoms with van der Waals surface area (Å²) in [6.45, 7) is 7.00. The first-order valence-corrected chi connectivity index (χ1v) is 17.1. The molecule has 7 rings (SSSR count). The number of halogens is 2. The predicted octanol–water partition coefficient (Wildman–Crippen LogP) is 2.02. The maximum absolute atomic E-state index is 16.0. The van der Waals surface area contributed by atoms with E-state index in [0.29, 0.717) is 56.4 Å². The summed E-state index contributed by atoms with van der Waals surface area (Å²) in [6, 6.07) is 0. The molecule has 2 aromatic heterocycles. The molecular formula is C33H40F2N10O7. The first-order valence-electron chi connectivity index (χ1n) is 17.1. The van der Waals surface area contributed by atoms with Crippen LogP contribution in [0, 0.1) is 17.6 Å². The molecule has 2 fully saturated rings. The molecule has 1 spiro atoms. The van der Waals surface area contributed by atoms with Crippen molar-refractivity contribution in [1.29, 1.82) is 0 Å². The molecule has 4 aliphatic rings. The second-order valence-corrected chi connectivity index (χ2v) is 14.7. The van der Waals surface area contributed by atoms with Crippen molar-refractivity contribution in [3.8, 4) is 5.88 Å². The van der Waals surface area contributed by atoms with Gasteiger partial charge in [-0.1, -0.05) is 5.21 Å². The molecular weight excluding hydrogens is 686 g/mol. The molecule has 0 radical (unpaired) electrons. The van der Waals surface area contributed by atoms with E-state index < -0.39 is 40.9 Å². The number of nitrogens with one attached hydrogen (secondary N) is 2. The Morgan fingerprint density at radius 1 is 1.15 bits per heavy atom. The lowest BCUT2D eigenvalue weighted by molar-refractivity contribution is -0.122. The first kappa shape index (κ1) is 35.2. The number of likely N-dealkylation sites (tertiary alicyclic amines) is 1. The van der Waals surface area contributed by atoms with Gasteiger partial charge in [-0.2, -0.15) is 0 Å². The molecule has 52 heavy (non-hydrogen) atoms. The van der Waals surface area contributed by atoms with Gasteiger partial charge in [0.1, 0.15) is 23.3 Å². The Hall–Kier alpha value is -5.20. The molecule has 2 N–H and O–H groups in total. The van der Waals surface area contributed by atoms with E-state index in [0.717, 1.165) is 4.90 Å². The summed E-state index contributed by atoms with van der Waals surface area (Å²) in [7, 11) is 1.44. The third-order valence-electron chi connectivity index (χ3n) is 9.62. The predicted molar refractivity (Wildman–Crippen MR) is 179 cm³/mol. The highest BCUT2D eigenvalue weighted by atomic mass is 19.1. The zero-order valence-electron chi connectivity index (χ0n) is 29.3. The number of hydrogen-bond donors (Lipinski definition) is 2. The summed E-state index contributed by atoms with van der Waals surface area (Å²) in [5.74, 6) is -1.42. The topological polar surface area (TPSA) is 186 Å². The van der Waals surface area contributed by atoms with Gasteiger partial charge in [0.05, 0.1) is 19.3 Å². The third-order valence-corrected chi connectivity index (χ3v) is 9.62. The van der Waals surface area contributed by atoms with Crippen molar-refractivity contribution in [2.24, 2.45) is 5.92 Å². The van der Waals surface area contributed by atoms with E-state index in [2.05, 4.69) is 35.8 Å². The van der Waals surface area contributed by atoms with Crippen molar-refractivity contribution < 1.29 is 42.2 Å². The van der Waals surface area contributed by atoms with Gasteiger partial charge in [0, 0.05) is 46.1 Å². The highest BCUT2D eigenvalue weighted by molar-refractivity contribution is 5.95. The molecule has 17 nitrogen and oxygen atoms in total. The Bertz CT molecular complexity index is 1940. The summed E-state index contributed by atoms with van der Waals surface area (Å²) >= 11 is 0. The Labute approximate surface area is 296 Å². The van der Waals surface area contributed by atoms with Crippen LogP contribution in [0.1, 0.15) is 44.7 Å². The summed E-state index contributed by atoms with van der Waals surface area (Å²) in [6.07, 6.45) is 2.04. The van der Waals surface area contributed by atoms with Crippen molar-refractivity contribution in [2.45, 2.75) is 64.2 Å². The molecule has 3 aromatic rings. The number of anilines is 2. The van der Waals surface area contributed by atoms with Crippen LogP contribution in [-0.4, -0.2) is 123 Å². The summed E-state index contributed by atoms with van der Waals surface area (Å²) in [5.41, 5.74) is -1.01. The lowest BCUT2D eigenvalue weighted by Crippen LogP contribution is -2.48. The highest BCUT2D eigenvalue weighted by Gasteiger charge is 2.48. The van der Waals surface area contributed by atoms with E-state index in [1.165, 1.54) is 22.8 Å². The van der Waals surface area contributed by atoms with Crippen molar-refractivity contribution in [3.63, 3.8) is 0 Å². The molecule has 5 heterocycles. The molecule has 1 unspecified atom stereocenters. The van der Waals surface area contributed by atoms with Gasteiger partial charge >= 0.3 is 12.2 Å². The van der Waals surface area contributed by atoms with E-state index >= 15 is 8.78 Å². The van der Waals surface area contributed by atoms with Crippen molar-refractivity contribution >= 4 is 46.7 Å². The lowest BCUT2D eigenvalue weighted by Gasteiger charge is -2.38. The minimum Gasteiger partial charge on any atom is -0.465 e. The Morgan fingerprint density at radius 3 is 2.62 bits per heavy atom. The third kappa shape index (κ3) is 7.00. The Kier molecular flexibility index (Phi) is 9.08. The number of rotatable bonds is 8. The van der Waals surface area contributed by atoms with E-state index in [4.69, 9.17) is 14.2 Å². The zero-order valence-corrected chi connectivity index (χ0v) is 29.3. The molecule has 1 aliphatic carbocycles. The zero-order chi connectivity index (χ0) is 36.9. The number of fused-ring (bicyclic) bond motifs is 3. The molecule has 278 valence electrons. The Balaban J connectivity index is 0.929. The van der Waals surface area contributed by atoms with Gasteiger partial charge in [0.25, 0.3) is 11.8 Å². The van der Waals surface area contributed by atoms with Crippen LogP contribution in [-0.2, 0) is 38.4 Å². The average Bonchev–Trinajstić information content (AvgIpc) is 3.79. The minimum atomic E-state index is -0.718. The number of nitrogens with zero attached hydrogens (tertiary/aromatic N) is 8.